The van der Waals surface area contributed by atoms with Crippen LogP contribution in [0.25, 0.3) is 0 Å². The first-order valence-corrected chi connectivity index (χ1v) is 6.67. The zero-order chi connectivity index (χ0) is 13.4. The van der Waals surface area contributed by atoms with Crippen LogP contribution in [0.15, 0.2) is 27.9 Å². The van der Waals surface area contributed by atoms with Crippen LogP contribution in [-0.2, 0) is 0 Å². The van der Waals surface area contributed by atoms with Gasteiger partial charge in [-0.3, -0.25) is 13.9 Å². The molecule has 5 nitrogen and oxygen atoms in total. The van der Waals surface area contributed by atoms with E-state index in [-0.39, 0.29) is 23.3 Å². The van der Waals surface area contributed by atoms with E-state index in [1.807, 2.05) is 18.2 Å². The van der Waals surface area contributed by atoms with E-state index in [1.54, 1.807) is 4.57 Å². The van der Waals surface area contributed by atoms with Crippen LogP contribution >= 0.6 is 0 Å². The maximum atomic E-state index is 12.4. The van der Waals surface area contributed by atoms with Crippen LogP contribution in [0.3, 0.4) is 0 Å². The molecule has 0 aliphatic heterocycles. The topological polar surface area (TPSA) is 67.8 Å². The van der Waals surface area contributed by atoms with Crippen LogP contribution in [0.2, 0.25) is 0 Å². The van der Waals surface area contributed by atoms with Gasteiger partial charge in [0.1, 0.15) is 11.6 Å². The molecule has 1 aromatic heterocycles. The fraction of sp³-hybridized carbons (Fsp3) is 0.500. The molecule has 0 spiro atoms. The van der Waals surface area contributed by atoms with Crippen molar-refractivity contribution in [2.24, 2.45) is 0 Å². The van der Waals surface area contributed by atoms with Crippen LogP contribution in [0.4, 0.5) is 0 Å². The summed E-state index contributed by atoms with van der Waals surface area (Å²) in [5.41, 5.74) is -0.672. The fourth-order valence-electron chi connectivity index (χ4n) is 2.58. The molecular formula is C14H15N3O2. The number of nitriles is 1. The fourth-order valence-corrected chi connectivity index (χ4v) is 2.58. The van der Waals surface area contributed by atoms with Crippen molar-refractivity contribution in [3.8, 4) is 6.07 Å². The minimum Gasteiger partial charge on any atom is -0.296 e. The number of hydrogen-bond acceptors (Lipinski definition) is 3. The number of aromatic nitrogens is 2. The third-order valence-corrected chi connectivity index (χ3v) is 3.77. The van der Waals surface area contributed by atoms with E-state index in [1.165, 1.54) is 10.8 Å². The lowest BCUT2D eigenvalue weighted by Gasteiger charge is -2.19. The van der Waals surface area contributed by atoms with E-state index < -0.39 is 5.56 Å². The first kappa shape index (κ1) is 12.0. The van der Waals surface area contributed by atoms with Crippen molar-refractivity contribution < 1.29 is 0 Å². The smallest absolute Gasteiger partial charge is 0.296 e. The molecule has 0 bridgehead atoms. The summed E-state index contributed by atoms with van der Waals surface area (Å²) in [5.74, 6) is 0. The molecule has 3 rings (SSSR count). The number of allylic oxidation sites excluding steroid dienone is 2. The molecule has 2 aliphatic rings. The van der Waals surface area contributed by atoms with Crippen LogP contribution < -0.4 is 11.2 Å². The normalized spacial score (nSPS) is 22.2. The molecule has 1 atom stereocenters. The molecule has 98 valence electrons. The summed E-state index contributed by atoms with van der Waals surface area (Å²) in [5, 5.41) is 9.06. The van der Waals surface area contributed by atoms with Crippen LogP contribution in [0.5, 0.6) is 0 Å². The van der Waals surface area contributed by atoms with Gasteiger partial charge in [0, 0.05) is 12.2 Å². The van der Waals surface area contributed by atoms with Gasteiger partial charge in [0.15, 0.2) is 0 Å². The third kappa shape index (κ3) is 2.03. The van der Waals surface area contributed by atoms with Gasteiger partial charge in [-0.25, -0.2) is 4.79 Å². The Balaban J connectivity index is 2.21. The second kappa shape index (κ2) is 4.54. The predicted molar refractivity (Wildman–Crippen MR) is 70.0 cm³/mol. The molecule has 2 aliphatic carbocycles. The number of rotatable bonds is 2. The molecule has 1 unspecified atom stereocenters. The van der Waals surface area contributed by atoms with Crippen LogP contribution in [0, 0.1) is 11.3 Å². The first-order valence-electron chi connectivity index (χ1n) is 6.67. The van der Waals surface area contributed by atoms with E-state index in [4.69, 9.17) is 5.26 Å². The van der Waals surface area contributed by atoms with Crippen molar-refractivity contribution in [3.63, 3.8) is 0 Å². The lowest BCUT2D eigenvalue weighted by atomic mass is 10.0. The zero-order valence-electron chi connectivity index (χ0n) is 10.6. The Kier molecular flexibility index (Phi) is 2.86. The van der Waals surface area contributed by atoms with Gasteiger partial charge >= 0.3 is 5.69 Å². The highest BCUT2D eigenvalue weighted by Gasteiger charge is 2.28. The SMILES string of the molecule is N#Cc1cn(C2CC2)c(=O)n(C2C=CCCC2)c1=O. The lowest BCUT2D eigenvalue weighted by molar-refractivity contribution is 0.460. The Bertz CT molecular complexity index is 686. The van der Waals surface area contributed by atoms with Gasteiger partial charge in [0.05, 0.1) is 6.04 Å². The minimum atomic E-state index is -0.457. The summed E-state index contributed by atoms with van der Waals surface area (Å²) < 4.78 is 2.81. The lowest BCUT2D eigenvalue weighted by Crippen LogP contribution is -2.42. The van der Waals surface area contributed by atoms with Crippen molar-refractivity contribution in [1.29, 1.82) is 5.26 Å². The van der Waals surface area contributed by atoms with E-state index in [2.05, 4.69) is 0 Å². The molecule has 1 aromatic rings. The van der Waals surface area contributed by atoms with Gasteiger partial charge in [-0.15, -0.1) is 0 Å². The van der Waals surface area contributed by atoms with Gasteiger partial charge in [-0.2, -0.15) is 5.26 Å². The summed E-state index contributed by atoms with van der Waals surface area (Å²) in [7, 11) is 0. The summed E-state index contributed by atoms with van der Waals surface area (Å²) in [6.07, 6.45) is 9.96. The quantitative estimate of drug-likeness (QED) is 0.754. The van der Waals surface area contributed by atoms with Crippen molar-refractivity contribution in [2.45, 2.75) is 44.2 Å². The van der Waals surface area contributed by atoms with Crippen molar-refractivity contribution in [1.82, 2.24) is 9.13 Å². The molecule has 0 radical (unpaired) electrons. The van der Waals surface area contributed by atoms with Gasteiger partial charge in [0.25, 0.3) is 5.56 Å². The second-order valence-corrected chi connectivity index (χ2v) is 5.18. The number of nitrogens with zero attached hydrogens (tertiary/aromatic N) is 3. The molecule has 5 heteroatoms. The molecule has 0 amide bonds. The van der Waals surface area contributed by atoms with Gasteiger partial charge in [-0.05, 0) is 32.1 Å². The Morgan fingerprint density at radius 1 is 1.26 bits per heavy atom. The molecule has 0 aromatic carbocycles. The average molecular weight is 257 g/mol. The van der Waals surface area contributed by atoms with Gasteiger partial charge < -0.3 is 0 Å². The van der Waals surface area contributed by atoms with Gasteiger partial charge in [-0.1, -0.05) is 12.2 Å². The minimum absolute atomic E-state index is 0.0606. The summed E-state index contributed by atoms with van der Waals surface area (Å²) in [6.45, 7) is 0. The Hall–Kier alpha value is -2.09. The maximum Gasteiger partial charge on any atom is 0.331 e. The number of hydrogen-bond donors (Lipinski definition) is 0. The van der Waals surface area contributed by atoms with Crippen LogP contribution in [-0.4, -0.2) is 9.13 Å². The van der Waals surface area contributed by atoms with Crippen molar-refractivity contribution >= 4 is 0 Å². The predicted octanol–water partition coefficient (Wildman–Crippen LogP) is 1.50. The van der Waals surface area contributed by atoms with Crippen molar-refractivity contribution in [3.05, 3.63) is 44.8 Å². The Labute approximate surface area is 110 Å². The second-order valence-electron chi connectivity index (χ2n) is 5.18. The molecule has 1 saturated carbocycles. The Morgan fingerprint density at radius 2 is 2.05 bits per heavy atom. The summed E-state index contributed by atoms with van der Waals surface area (Å²) in [6, 6.07) is 1.87. The standard InChI is InChI=1S/C14H15N3O2/c15-8-10-9-16(11-6-7-11)14(19)17(13(10)18)12-4-2-1-3-5-12/h2,4,9,11-12H,1,3,5-7H2. The molecular weight excluding hydrogens is 242 g/mol. The largest absolute Gasteiger partial charge is 0.331 e. The third-order valence-electron chi connectivity index (χ3n) is 3.77. The molecule has 19 heavy (non-hydrogen) atoms. The molecule has 0 saturated heterocycles. The van der Waals surface area contributed by atoms with Gasteiger partial charge in [0.2, 0.25) is 0 Å². The molecule has 1 heterocycles. The highest BCUT2D eigenvalue weighted by molar-refractivity contribution is 5.24. The van der Waals surface area contributed by atoms with E-state index in [9.17, 15) is 9.59 Å². The van der Waals surface area contributed by atoms with E-state index >= 15 is 0 Å². The average Bonchev–Trinajstić information content (AvgIpc) is 3.25. The highest BCUT2D eigenvalue weighted by atomic mass is 16.2. The molecule has 1 fully saturated rings. The zero-order valence-corrected chi connectivity index (χ0v) is 10.6. The summed E-state index contributed by atoms with van der Waals surface area (Å²) in [4.78, 5) is 24.6. The first-order chi connectivity index (χ1) is 9.22. The highest BCUT2D eigenvalue weighted by Crippen LogP contribution is 2.33. The van der Waals surface area contributed by atoms with Crippen LogP contribution in [0.1, 0.15) is 49.8 Å². The van der Waals surface area contributed by atoms with E-state index in [0.29, 0.717) is 0 Å². The molecule has 0 N–H and O–H groups in total. The maximum absolute atomic E-state index is 12.4. The van der Waals surface area contributed by atoms with Crippen molar-refractivity contribution in [2.75, 3.05) is 0 Å². The van der Waals surface area contributed by atoms with E-state index in [0.717, 1.165) is 32.1 Å². The summed E-state index contributed by atoms with van der Waals surface area (Å²) >= 11 is 0. The Morgan fingerprint density at radius 3 is 2.63 bits per heavy atom. The monoisotopic (exact) mass is 257 g/mol.